The number of halogens is 2. The van der Waals surface area contributed by atoms with Crippen LogP contribution in [0.5, 0.6) is 5.75 Å². The molecule has 0 fully saturated rings. The quantitative estimate of drug-likeness (QED) is 0.753. The third-order valence-electron chi connectivity index (χ3n) is 3.71. The van der Waals surface area contributed by atoms with Crippen LogP contribution in [-0.2, 0) is 0 Å². The highest BCUT2D eigenvalue weighted by atomic mass is 19.1. The number of likely N-dealkylation sites (N-methyl/N-ethyl adjacent to an activating group) is 1. The van der Waals surface area contributed by atoms with E-state index in [-0.39, 0.29) is 30.5 Å². The maximum Gasteiger partial charge on any atom is 0.315 e. The van der Waals surface area contributed by atoms with Gasteiger partial charge in [0, 0.05) is 12.6 Å². The Kier molecular flexibility index (Phi) is 6.97. The van der Waals surface area contributed by atoms with Crippen LogP contribution < -0.4 is 15.4 Å². The van der Waals surface area contributed by atoms with Gasteiger partial charge in [-0.05, 0) is 45.3 Å². The van der Waals surface area contributed by atoms with Gasteiger partial charge in [0.25, 0.3) is 0 Å². The largest absolute Gasteiger partial charge is 0.488 e. The summed E-state index contributed by atoms with van der Waals surface area (Å²) in [6.45, 7) is 2.12. The lowest BCUT2D eigenvalue weighted by atomic mass is 10.2. The first-order chi connectivity index (χ1) is 12.4. The lowest BCUT2D eigenvalue weighted by Crippen LogP contribution is -2.45. The van der Waals surface area contributed by atoms with Crippen molar-refractivity contribution < 1.29 is 22.7 Å². The maximum atomic E-state index is 13.5. The van der Waals surface area contributed by atoms with Gasteiger partial charge < -0.3 is 19.8 Å². The third-order valence-corrected chi connectivity index (χ3v) is 3.71. The van der Waals surface area contributed by atoms with Crippen LogP contribution in [0, 0.1) is 11.6 Å². The van der Waals surface area contributed by atoms with E-state index in [2.05, 4.69) is 10.6 Å². The first-order valence-electron chi connectivity index (χ1n) is 8.19. The predicted octanol–water partition coefficient (Wildman–Crippen LogP) is 2.93. The number of nitrogens with zero attached hydrogens (tertiary/aromatic N) is 1. The number of rotatable bonds is 8. The first-order valence-corrected chi connectivity index (χ1v) is 8.19. The number of carbonyl (C=O) groups is 1. The Morgan fingerprint density at radius 1 is 1.31 bits per heavy atom. The van der Waals surface area contributed by atoms with Crippen LogP contribution in [0.3, 0.4) is 0 Å². The Hall–Kier alpha value is -2.61. The fourth-order valence-electron chi connectivity index (χ4n) is 2.33. The summed E-state index contributed by atoms with van der Waals surface area (Å²) in [6.07, 6.45) is 1.58. The molecule has 0 bridgehead atoms. The van der Waals surface area contributed by atoms with E-state index in [1.165, 1.54) is 6.07 Å². The summed E-state index contributed by atoms with van der Waals surface area (Å²) < 4.78 is 37.0. The summed E-state index contributed by atoms with van der Waals surface area (Å²) >= 11 is 0. The number of furan rings is 1. The van der Waals surface area contributed by atoms with E-state index >= 15 is 0 Å². The number of urea groups is 1. The van der Waals surface area contributed by atoms with Crippen LogP contribution in [0.4, 0.5) is 13.6 Å². The lowest BCUT2D eigenvalue weighted by molar-refractivity contribution is 0.214. The van der Waals surface area contributed by atoms with E-state index in [4.69, 9.17) is 9.15 Å². The monoisotopic (exact) mass is 367 g/mol. The van der Waals surface area contributed by atoms with Gasteiger partial charge in [0.1, 0.15) is 18.2 Å². The molecule has 2 rings (SSSR count). The molecule has 0 aliphatic carbocycles. The van der Waals surface area contributed by atoms with Crippen molar-refractivity contribution in [3.05, 3.63) is 54.0 Å². The summed E-state index contributed by atoms with van der Waals surface area (Å²) in [7, 11) is 3.78. The minimum Gasteiger partial charge on any atom is -0.488 e. The van der Waals surface area contributed by atoms with Crippen LogP contribution in [0.25, 0.3) is 0 Å². The number of nitrogens with one attached hydrogen (secondary N) is 2. The van der Waals surface area contributed by atoms with Gasteiger partial charge in [-0.2, -0.15) is 0 Å². The van der Waals surface area contributed by atoms with Crippen LogP contribution in [0.1, 0.15) is 18.7 Å². The molecule has 0 aliphatic heterocycles. The highest BCUT2D eigenvalue weighted by Gasteiger charge is 2.18. The number of ether oxygens (including phenoxy) is 1. The molecule has 142 valence electrons. The molecule has 0 spiro atoms. The van der Waals surface area contributed by atoms with Gasteiger partial charge in [-0.1, -0.05) is 0 Å². The lowest BCUT2D eigenvalue weighted by Gasteiger charge is -2.23. The highest BCUT2D eigenvalue weighted by molar-refractivity contribution is 5.74. The van der Waals surface area contributed by atoms with Gasteiger partial charge in [0.2, 0.25) is 0 Å². The van der Waals surface area contributed by atoms with Crippen molar-refractivity contribution >= 4 is 6.03 Å². The molecule has 0 saturated carbocycles. The molecule has 0 saturated heterocycles. The molecular weight excluding hydrogens is 344 g/mol. The Bertz CT molecular complexity index is 708. The van der Waals surface area contributed by atoms with Gasteiger partial charge in [-0.3, -0.25) is 4.90 Å². The van der Waals surface area contributed by atoms with Crippen LogP contribution >= 0.6 is 0 Å². The van der Waals surface area contributed by atoms with Gasteiger partial charge >= 0.3 is 6.03 Å². The van der Waals surface area contributed by atoms with Crippen molar-refractivity contribution in [2.45, 2.75) is 19.0 Å². The van der Waals surface area contributed by atoms with Crippen molar-refractivity contribution in [2.24, 2.45) is 0 Å². The first kappa shape index (κ1) is 19.7. The van der Waals surface area contributed by atoms with Crippen molar-refractivity contribution in [3.8, 4) is 5.75 Å². The van der Waals surface area contributed by atoms with E-state index in [1.54, 1.807) is 19.3 Å². The standard InChI is InChI=1S/C18H23F2N3O3/c1-12(11-26-16-7-6-13(19)9-14(16)20)22-18(24)21-10-15(23(2)3)17-5-4-8-25-17/h4-9,12,15H,10-11H2,1-3H3,(H2,21,22,24). The van der Waals surface area contributed by atoms with E-state index < -0.39 is 11.6 Å². The van der Waals surface area contributed by atoms with E-state index in [1.807, 2.05) is 25.1 Å². The molecule has 2 N–H and O–H groups in total. The Morgan fingerprint density at radius 2 is 2.08 bits per heavy atom. The molecular formula is C18H23F2N3O3. The molecule has 1 aromatic heterocycles. The normalized spacial score (nSPS) is 13.3. The second-order valence-electron chi connectivity index (χ2n) is 6.14. The Balaban J connectivity index is 1.77. The zero-order chi connectivity index (χ0) is 19.1. The number of carbonyl (C=O) groups excluding carboxylic acids is 1. The minimum atomic E-state index is -0.783. The average molecular weight is 367 g/mol. The Morgan fingerprint density at radius 3 is 2.69 bits per heavy atom. The second-order valence-corrected chi connectivity index (χ2v) is 6.14. The van der Waals surface area contributed by atoms with Crippen molar-refractivity contribution in [1.82, 2.24) is 15.5 Å². The topological polar surface area (TPSA) is 66.7 Å². The molecule has 26 heavy (non-hydrogen) atoms. The molecule has 2 atom stereocenters. The van der Waals surface area contributed by atoms with Crippen molar-refractivity contribution in [1.29, 1.82) is 0 Å². The number of amides is 2. The van der Waals surface area contributed by atoms with Crippen molar-refractivity contribution in [3.63, 3.8) is 0 Å². The molecule has 0 aliphatic rings. The minimum absolute atomic E-state index is 0.0469. The van der Waals surface area contributed by atoms with E-state index in [0.717, 1.165) is 17.9 Å². The summed E-state index contributed by atoms with van der Waals surface area (Å²) in [5.41, 5.74) is 0. The van der Waals surface area contributed by atoms with Crippen molar-refractivity contribution in [2.75, 3.05) is 27.2 Å². The fraction of sp³-hybridized carbons (Fsp3) is 0.389. The molecule has 6 nitrogen and oxygen atoms in total. The molecule has 2 unspecified atom stereocenters. The molecule has 8 heteroatoms. The van der Waals surface area contributed by atoms with Crippen LogP contribution in [0.15, 0.2) is 41.0 Å². The second kappa shape index (κ2) is 9.19. The average Bonchev–Trinajstić information content (AvgIpc) is 3.08. The maximum absolute atomic E-state index is 13.5. The van der Waals surface area contributed by atoms with E-state index in [0.29, 0.717) is 6.54 Å². The molecule has 1 aromatic carbocycles. The highest BCUT2D eigenvalue weighted by Crippen LogP contribution is 2.18. The molecule has 2 aromatic rings. The zero-order valence-electron chi connectivity index (χ0n) is 15.0. The fourth-order valence-corrected chi connectivity index (χ4v) is 2.33. The molecule has 2 amide bonds. The number of hydrogen-bond acceptors (Lipinski definition) is 4. The van der Waals surface area contributed by atoms with Gasteiger partial charge in [-0.15, -0.1) is 0 Å². The van der Waals surface area contributed by atoms with Gasteiger partial charge in [0.15, 0.2) is 11.6 Å². The summed E-state index contributed by atoms with van der Waals surface area (Å²) in [5.74, 6) is -0.772. The Labute approximate surface area is 151 Å². The number of benzene rings is 1. The summed E-state index contributed by atoms with van der Waals surface area (Å²) in [4.78, 5) is 14.0. The van der Waals surface area contributed by atoms with Gasteiger partial charge in [0.05, 0.1) is 18.3 Å². The summed E-state index contributed by atoms with van der Waals surface area (Å²) in [5, 5.41) is 5.47. The molecule has 1 heterocycles. The van der Waals surface area contributed by atoms with Gasteiger partial charge in [-0.25, -0.2) is 13.6 Å². The SMILES string of the molecule is CC(COc1ccc(F)cc1F)NC(=O)NCC(c1ccco1)N(C)C. The smallest absolute Gasteiger partial charge is 0.315 e. The van der Waals surface area contributed by atoms with Crippen LogP contribution in [0.2, 0.25) is 0 Å². The molecule has 0 radical (unpaired) electrons. The third kappa shape index (κ3) is 5.73. The predicted molar refractivity (Wildman–Crippen MR) is 93.0 cm³/mol. The zero-order valence-corrected chi connectivity index (χ0v) is 15.0. The van der Waals surface area contributed by atoms with Crippen LogP contribution in [-0.4, -0.2) is 44.2 Å². The summed E-state index contributed by atoms with van der Waals surface area (Å²) in [6, 6.07) is 5.85. The van der Waals surface area contributed by atoms with E-state index in [9.17, 15) is 13.6 Å². The number of hydrogen-bond donors (Lipinski definition) is 2.